The maximum atomic E-state index is 12.9. The summed E-state index contributed by atoms with van der Waals surface area (Å²) in [5.41, 5.74) is 8.19. The number of piperazine rings is 2. The minimum Gasteiger partial charge on any atom is -0.470 e. The Morgan fingerprint density at radius 1 is 0.728 bits per heavy atom. The molecular formula is C61H70N14O6. The van der Waals surface area contributed by atoms with Crippen molar-refractivity contribution in [2.75, 3.05) is 89.5 Å². The molecule has 3 aromatic heterocycles. The van der Waals surface area contributed by atoms with Crippen LogP contribution in [0.25, 0.3) is 10.9 Å². The van der Waals surface area contributed by atoms with E-state index in [9.17, 15) is 20.1 Å². The van der Waals surface area contributed by atoms with E-state index >= 15 is 0 Å². The summed E-state index contributed by atoms with van der Waals surface area (Å²) in [5, 5.41) is 28.2. The lowest BCUT2D eigenvalue weighted by atomic mass is 9.86. The highest BCUT2D eigenvalue weighted by atomic mass is 16.5. The molecule has 0 bridgehead atoms. The lowest BCUT2D eigenvalue weighted by Crippen LogP contribution is -2.55. The lowest BCUT2D eigenvalue weighted by Gasteiger charge is -2.42. The molecule has 2 aliphatic carbocycles. The third-order valence-corrected chi connectivity index (χ3v) is 19.1. The number of hydrogen-bond acceptors (Lipinski definition) is 17. The monoisotopic (exact) mass is 1090 g/mol. The van der Waals surface area contributed by atoms with Crippen molar-refractivity contribution in [1.29, 1.82) is 10.5 Å². The Kier molecular flexibility index (Phi) is 13.8. The molecule has 420 valence electrons. The summed E-state index contributed by atoms with van der Waals surface area (Å²) < 4.78 is 27.4. The van der Waals surface area contributed by atoms with Crippen LogP contribution in [0.3, 0.4) is 0 Å². The van der Waals surface area contributed by atoms with Crippen molar-refractivity contribution >= 4 is 34.4 Å². The van der Waals surface area contributed by atoms with Gasteiger partial charge in [-0.05, 0) is 130 Å². The highest BCUT2D eigenvalue weighted by Gasteiger charge is 2.48. The maximum Gasteiger partial charge on any atom is 0.321 e. The number of hydrogen-bond donors (Lipinski definition) is 1. The Hall–Kier alpha value is -7.81. The first kappa shape index (κ1) is 52.6. The Bertz CT molecular complexity index is 3410. The van der Waals surface area contributed by atoms with Crippen LogP contribution in [0.4, 0.5) is 11.6 Å². The van der Waals surface area contributed by atoms with Crippen molar-refractivity contribution in [3.8, 4) is 35.9 Å². The van der Waals surface area contributed by atoms with Crippen molar-refractivity contribution in [2.45, 2.75) is 125 Å². The molecule has 0 radical (unpaired) electrons. The van der Waals surface area contributed by atoms with Crippen molar-refractivity contribution < 1.29 is 28.5 Å². The Morgan fingerprint density at radius 3 is 2.00 bits per heavy atom. The number of aromatic nitrogens is 6. The van der Waals surface area contributed by atoms with E-state index in [0.717, 1.165) is 111 Å². The van der Waals surface area contributed by atoms with Crippen LogP contribution in [0.15, 0.2) is 61.8 Å². The molecule has 0 saturated carbocycles. The highest BCUT2D eigenvalue weighted by molar-refractivity contribution is 5.88. The molecule has 4 saturated heterocycles. The first-order chi connectivity index (χ1) is 39.4. The number of anilines is 2. The van der Waals surface area contributed by atoms with Gasteiger partial charge in [0.1, 0.15) is 36.1 Å². The second kappa shape index (κ2) is 21.3. The Balaban J connectivity index is 0.721. The molecule has 2 aromatic carbocycles. The van der Waals surface area contributed by atoms with Gasteiger partial charge in [-0.15, -0.1) is 0 Å². The Morgan fingerprint density at radius 2 is 1.36 bits per heavy atom. The zero-order valence-electron chi connectivity index (χ0n) is 46.4. The van der Waals surface area contributed by atoms with Crippen molar-refractivity contribution in [1.82, 2.24) is 49.7 Å². The van der Waals surface area contributed by atoms with Gasteiger partial charge in [0.2, 0.25) is 23.6 Å². The van der Waals surface area contributed by atoms with Gasteiger partial charge < -0.3 is 43.4 Å². The number of benzene rings is 2. The number of H-pyrrole nitrogens is 1. The largest absolute Gasteiger partial charge is 0.470 e. The molecule has 13 rings (SSSR count). The third-order valence-electron chi connectivity index (χ3n) is 19.1. The fourth-order valence-electron chi connectivity index (χ4n) is 14.7. The van der Waals surface area contributed by atoms with E-state index in [1.54, 1.807) is 9.80 Å². The van der Waals surface area contributed by atoms with Gasteiger partial charge in [-0.2, -0.15) is 35.6 Å². The highest BCUT2D eigenvalue weighted by Crippen LogP contribution is 2.51. The molecule has 1 N–H and O–H groups in total. The topological polar surface area (TPSA) is 218 Å². The van der Waals surface area contributed by atoms with E-state index < -0.39 is 11.2 Å². The first-order valence-corrected chi connectivity index (χ1v) is 29.0. The second-order valence-corrected chi connectivity index (χ2v) is 23.7. The quantitative estimate of drug-likeness (QED) is 0.139. The van der Waals surface area contributed by atoms with E-state index in [1.807, 2.05) is 6.20 Å². The minimum atomic E-state index is -0.546. The molecule has 4 fully saturated rings. The summed E-state index contributed by atoms with van der Waals surface area (Å²) in [6.07, 6.45) is 14.2. The third kappa shape index (κ3) is 9.63. The molecule has 8 aliphatic rings. The summed E-state index contributed by atoms with van der Waals surface area (Å²) >= 11 is 0. The van der Waals surface area contributed by atoms with Crippen LogP contribution in [0.5, 0.6) is 23.8 Å². The zero-order valence-corrected chi connectivity index (χ0v) is 46.4. The summed E-state index contributed by atoms with van der Waals surface area (Å²) in [7, 11) is 4.29. The normalized spacial score (nSPS) is 26.8. The van der Waals surface area contributed by atoms with Crippen molar-refractivity contribution in [3.63, 3.8) is 0 Å². The molecule has 9 heterocycles. The van der Waals surface area contributed by atoms with Crippen molar-refractivity contribution in [2.24, 2.45) is 0 Å². The molecule has 5 aromatic rings. The van der Waals surface area contributed by atoms with Crippen LogP contribution >= 0.6 is 0 Å². The molecule has 20 heteroatoms. The standard InChI is InChI=1S/C61H70N14O6/c1-5-52(76)74-26-24-72(34-42(74)16-21-62)54-47-13-18-60(80-56(47)67-58(65-54)78-36-44-8-7-23-70(44)3)30-39-10-9-38(28-40(39)31-60)41-29-45(71(4)33-41)37-79-59-66-55(73-25-27-75(53(77)6-2)43(35-73)17-22-63)48-15-20-61(81-57(48)68-59)19-14-46-49-32-64-69-51(49)12-11-50(46)61/h5-6,9-12,28,32,41-45H,1-2,7-8,13-20,23-27,29-31,33-37H2,3-4H3,(H,64,69)/t41?,42-,43-,44-,45-,60?,61?/m0/s1. The van der Waals surface area contributed by atoms with E-state index in [4.69, 9.17) is 38.9 Å². The van der Waals surface area contributed by atoms with Gasteiger partial charge >= 0.3 is 12.0 Å². The number of carbonyl (C=O) groups is 2. The summed E-state index contributed by atoms with van der Waals surface area (Å²) in [6, 6.07) is 16.1. The summed E-state index contributed by atoms with van der Waals surface area (Å²) in [6.45, 7) is 13.0. The number of aromatic amines is 1. The van der Waals surface area contributed by atoms with Gasteiger partial charge in [0.15, 0.2) is 0 Å². The molecular weight excluding hydrogens is 1020 g/mol. The average molecular weight is 1100 g/mol. The molecule has 20 nitrogen and oxygen atoms in total. The predicted molar refractivity (Wildman–Crippen MR) is 301 cm³/mol. The van der Waals surface area contributed by atoms with Gasteiger partial charge in [0.25, 0.3) is 0 Å². The van der Waals surface area contributed by atoms with E-state index in [0.29, 0.717) is 76.7 Å². The maximum absolute atomic E-state index is 12.9. The number of nitriles is 2. The molecule has 3 unspecified atom stereocenters. The van der Waals surface area contributed by atoms with Gasteiger partial charge in [0, 0.05) is 76.1 Å². The van der Waals surface area contributed by atoms with Crippen LogP contribution in [-0.4, -0.2) is 171 Å². The molecule has 2 spiro atoms. The zero-order chi connectivity index (χ0) is 55.6. The van der Waals surface area contributed by atoms with E-state index in [2.05, 4.69) is 99.5 Å². The number of fused-ring (bicyclic) bond motifs is 7. The molecule has 7 atom stereocenters. The fourth-order valence-corrected chi connectivity index (χ4v) is 14.7. The number of rotatable bonds is 13. The number of nitrogens with zero attached hydrogens (tertiary/aromatic N) is 13. The predicted octanol–water partition coefficient (Wildman–Crippen LogP) is 5.75. The van der Waals surface area contributed by atoms with Crippen molar-refractivity contribution in [3.05, 3.63) is 101 Å². The smallest absolute Gasteiger partial charge is 0.321 e. The fraction of sp³-hybridized carbons (Fsp3) is 0.525. The number of aryl methyl sites for hydroxylation is 1. The van der Waals surface area contributed by atoms with Crippen LogP contribution in [0.1, 0.15) is 96.2 Å². The molecule has 6 aliphatic heterocycles. The number of carbonyl (C=O) groups excluding carboxylic acids is 2. The van der Waals surface area contributed by atoms with E-state index in [-0.39, 0.29) is 60.8 Å². The second-order valence-electron chi connectivity index (χ2n) is 23.7. The van der Waals surface area contributed by atoms with Gasteiger partial charge in [-0.1, -0.05) is 37.4 Å². The Labute approximate surface area is 472 Å². The van der Waals surface area contributed by atoms with Crippen LogP contribution in [0.2, 0.25) is 0 Å². The van der Waals surface area contributed by atoms with Crippen LogP contribution in [0, 0.1) is 22.7 Å². The van der Waals surface area contributed by atoms with Crippen LogP contribution in [-0.2, 0) is 47.3 Å². The molecule has 2 amide bonds. The lowest BCUT2D eigenvalue weighted by molar-refractivity contribution is -0.129. The number of ether oxygens (including phenoxy) is 4. The number of nitrogens with one attached hydrogen (secondary N) is 1. The average Bonchev–Trinajstić information content (AvgIpc) is 4.40. The minimum absolute atomic E-state index is 0.0932. The first-order valence-electron chi connectivity index (χ1n) is 29.0. The molecule has 81 heavy (non-hydrogen) atoms. The summed E-state index contributed by atoms with van der Waals surface area (Å²) in [4.78, 5) is 58.6. The number of likely N-dealkylation sites (N-methyl/N-ethyl adjacent to an activating group) is 2. The van der Waals surface area contributed by atoms with Gasteiger partial charge in [-0.25, -0.2) is 0 Å². The van der Waals surface area contributed by atoms with E-state index in [1.165, 1.54) is 40.0 Å². The van der Waals surface area contributed by atoms with Gasteiger partial charge in [-0.3, -0.25) is 19.6 Å². The van der Waals surface area contributed by atoms with Crippen LogP contribution < -0.4 is 28.7 Å². The number of amides is 2. The van der Waals surface area contributed by atoms with Gasteiger partial charge in [0.05, 0.1) is 59.9 Å². The number of likely N-dealkylation sites (tertiary alicyclic amines) is 2. The summed E-state index contributed by atoms with van der Waals surface area (Å²) in [5.74, 6) is 2.50. The SMILES string of the molecule is C=CC(=O)N1CCN(c2nc(OC[C@@H]3CCCN3C)nc3c2CCC2(Cc4ccc(C5C[C@@H](COc6nc7c(c(N8CCN(C(=O)C=C)[C@@H](CC#N)C8)n6)CCC6(CCc8c6ccc6[nH]ncc86)O7)N(C)C5)cc4C2)O3)C[C@@H]1CC#N.